The molecule has 6 heteroatoms. The molecule has 0 saturated carbocycles. The number of fused-ring (bicyclic) bond motifs is 1. The van der Waals surface area contributed by atoms with Gasteiger partial charge in [-0.3, -0.25) is 4.90 Å². The molecule has 0 bridgehead atoms. The van der Waals surface area contributed by atoms with E-state index >= 15 is 0 Å². The third kappa shape index (κ3) is 3.95. The van der Waals surface area contributed by atoms with Crippen LogP contribution in [0, 0.1) is 0 Å². The molecule has 0 unspecified atom stereocenters. The molecule has 1 fully saturated rings. The molecule has 0 radical (unpaired) electrons. The van der Waals surface area contributed by atoms with Gasteiger partial charge in [0.2, 0.25) is 0 Å². The molecule has 2 aromatic rings. The zero-order valence-electron chi connectivity index (χ0n) is 12.6. The Bertz CT molecular complexity index is 681. The maximum Gasteiger partial charge on any atom is 0.390 e. The van der Waals surface area contributed by atoms with Crippen LogP contribution in [-0.4, -0.2) is 42.4 Å². The first-order valence-electron chi connectivity index (χ1n) is 7.66. The van der Waals surface area contributed by atoms with Crippen LogP contribution in [0.15, 0.2) is 36.4 Å². The molecule has 1 saturated heterocycles. The molecule has 3 nitrogen and oxygen atoms in total. The lowest BCUT2D eigenvalue weighted by atomic mass is 9.97. The Kier molecular flexibility index (Phi) is 4.46. The summed E-state index contributed by atoms with van der Waals surface area (Å²) in [6.07, 6.45) is -5.06. The predicted molar refractivity (Wildman–Crippen MR) is 83.5 cm³/mol. The van der Waals surface area contributed by atoms with Crippen LogP contribution >= 0.6 is 0 Å². The van der Waals surface area contributed by atoms with Crippen LogP contribution in [0.2, 0.25) is 0 Å². The van der Waals surface area contributed by atoms with Crippen molar-refractivity contribution in [3.05, 3.63) is 42.0 Å². The fourth-order valence-electron chi connectivity index (χ4n) is 3.13. The zero-order valence-corrected chi connectivity index (χ0v) is 12.6. The third-order valence-corrected chi connectivity index (χ3v) is 4.25. The first-order chi connectivity index (χ1) is 10.9. The summed E-state index contributed by atoms with van der Waals surface area (Å²) in [5.74, 6) is 0.152. The highest BCUT2D eigenvalue weighted by molar-refractivity contribution is 5.84. The molecule has 124 valence electrons. The van der Waals surface area contributed by atoms with Crippen molar-refractivity contribution in [1.82, 2.24) is 10.2 Å². The molecule has 1 aliphatic heterocycles. The Morgan fingerprint density at radius 2 is 1.70 bits per heavy atom. The summed E-state index contributed by atoms with van der Waals surface area (Å²) in [6, 6.07) is 9.54. The number of benzene rings is 2. The largest absolute Gasteiger partial charge is 0.508 e. The number of halogens is 3. The second-order valence-corrected chi connectivity index (χ2v) is 5.91. The standard InChI is InChI=1S/C17H19F3N2O/c18-17(19,20)11-16(22-7-5-21-6-8-22)14-2-1-13-10-15(23)4-3-12(13)9-14/h1-4,9-10,16,21,23H,5-8,11H2/t16-/m0/s1. The van der Waals surface area contributed by atoms with Crippen molar-refractivity contribution in [2.24, 2.45) is 0 Å². The predicted octanol–water partition coefficient (Wildman–Crippen LogP) is 3.44. The lowest BCUT2D eigenvalue weighted by Crippen LogP contribution is -2.46. The van der Waals surface area contributed by atoms with E-state index in [1.54, 1.807) is 36.4 Å². The quantitative estimate of drug-likeness (QED) is 0.908. The van der Waals surface area contributed by atoms with E-state index in [-0.39, 0.29) is 5.75 Å². The van der Waals surface area contributed by atoms with E-state index in [1.807, 2.05) is 4.90 Å². The monoisotopic (exact) mass is 324 g/mol. The number of rotatable bonds is 3. The van der Waals surface area contributed by atoms with Gasteiger partial charge in [-0.15, -0.1) is 0 Å². The SMILES string of the molecule is Oc1ccc2cc([C@H](CC(F)(F)F)N3CCNCC3)ccc2c1. The Labute approximate surface area is 132 Å². The van der Waals surface area contributed by atoms with Crippen LogP contribution in [0.4, 0.5) is 13.2 Å². The van der Waals surface area contributed by atoms with Crippen molar-refractivity contribution < 1.29 is 18.3 Å². The highest BCUT2D eigenvalue weighted by atomic mass is 19.4. The fourth-order valence-corrected chi connectivity index (χ4v) is 3.13. The summed E-state index contributed by atoms with van der Waals surface area (Å²) in [6.45, 7) is 2.62. The average molecular weight is 324 g/mol. The first kappa shape index (κ1) is 16.1. The molecule has 0 aliphatic carbocycles. The molecule has 23 heavy (non-hydrogen) atoms. The summed E-state index contributed by atoms with van der Waals surface area (Å²) in [4.78, 5) is 1.89. The van der Waals surface area contributed by atoms with E-state index in [0.717, 1.165) is 10.8 Å². The van der Waals surface area contributed by atoms with Crippen molar-refractivity contribution in [3.63, 3.8) is 0 Å². The van der Waals surface area contributed by atoms with Gasteiger partial charge in [0.25, 0.3) is 0 Å². The lowest BCUT2D eigenvalue weighted by Gasteiger charge is -2.35. The number of phenolic OH excluding ortho intramolecular Hbond substituents is 1. The average Bonchev–Trinajstić information content (AvgIpc) is 2.52. The van der Waals surface area contributed by atoms with Gasteiger partial charge in [0.05, 0.1) is 6.42 Å². The summed E-state index contributed by atoms with van der Waals surface area (Å²) < 4.78 is 39.1. The molecule has 1 aliphatic rings. The van der Waals surface area contributed by atoms with E-state index in [4.69, 9.17) is 0 Å². The second kappa shape index (κ2) is 6.37. The normalized spacial score (nSPS) is 18.2. The Hall–Kier alpha value is -1.79. The van der Waals surface area contributed by atoms with Gasteiger partial charge in [0.15, 0.2) is 0 Å². The third-order valence-electron chi connectivity index (χ3n) is 4.25. The van der Waals surface area contributed by atoms with Gasteiger partial charge in [0.1, 0.15) is 5.75 Å². The van der Waals surface area contributed by atoms with Crippen LogP contribution in [0.3, 0.4) is 0 Å². The summed E-state index contributed by atoms with van der Waals surface area (Å²) >= 11 is 0. The van der Waals surface area contributed by atoms with Gasteiger partial charge >= 0.3 is 6.18 Å². The minimum atomic E-state index is -4.21. The molecule has 3 rings (SSSR count). The van der Waals surface area contributed by atoms with E-state index in [0.29, 0.717) is 31.7 Å². The number of nitrogens with zero attached hydrogens (tertiary/aromatic N) is 1. The number of phenols is 1. The number of hydrogen-bond donors (Lipinski definition) is 2. The summed E-state index contributed by atoms with van der Waals surface area (Å²) in [5.41, 5.74) is 0.669. The van der Waals surface area contributed by atoms with Gasteiger partial charge in [-0.2, -0.15) is 13.2 Å². The van der Waals surface area contributed by atoms with E-state index in [9.17, 15) is 18.3 Å². The first-order valence-corrected chi connectivity index (χ1v) is 7.66. The Morgan fingerprint density at radius 1 is 1.04 bits per heavy atom. The van der Waals surface area contributed by atoms with Crippen LogP contribution in [0.5, 0.6) is 5.75 Å². The van der Waals surface area contributed by atoms with E-state index in [2.05, 4.69) is 5.32 Å². The summed E-state index contributed by atoms with van der Waals surface area (Å²) in [7, 11) is 0. The number of alkyl halides is 3. The maximum absolute atomic E-state index is 13.0. The van der Waals surface area contributed by atoms with Gasteiger partial charge < -0.3 is 10.4 Å². The smallest absolute Gasteiger partial charge is 0.390 e. The Morgan fingerprint density at radius 3 is 2.39 bits per heavy atom. The van der Waals surface area contributed by atoms with Crippen molar-refractivity contribution >= 4 is 10.8 Å². The molecule has 1 heterocycles. The number of hydrogen-bond acceptors (Lipinski definition) is 3. The van der Waals surface area contributed by atoms with Crippen LogP contribution < -0.4 is 5.32 Å². The van der Waals surface area contributed by atoms with Crippen molar-refractivity contribution in [1.29, 1.82) is 0 Å². The molecule has 2 aromatic carbocycles. The van der Waals surface area contributed by atoms with E-state index in [1.165, 1.54) is 0 Å². The van der Waals surface area contributed by atoms with E-state index < -0.39 is 18.6 Å². The van der Waals surface area contributed by atoms with Crippen LogP contribution in [-0.2, 0) is 0 Å². The van der Waals surface area contributed by atoms with Gasteiger partial charge in [-0.25, -0.2) is 0 Å². The number of nitrogens with one attached hydrogen (secondary N) is 1. The van der Waals surface area contributed by atoms with Crippen molar-refractivity contribution in [2.45, 2.75) is 18.6 Å². The fraction of sp³-hybridized carbons (Fsp3) is 0.412. The number of aromatic hydroxyl groups is 1. The molecular formula is C17H19F3N2O. The highest BCUT2D eigenvalue weighted by Crippen LogP contribution is 2.35. The maximum atomic E-state index is 13.0. The van der Waals surface area contributed by atoms with Crippen LogP contribution in [0.1, 0.15) is 18.0 Å². The van der Waals surface area contributed by atoms with Crippen molar-refractivity contribution in [2.75, 3.05) is 26.2 Å². The molecule has 0 aromatic heterocycles. The van der Waals surface area contributed by atoms with Gasteiger partial charge in [-0.1, -0.05) is 18.2 Å². The van der Waals surface area contributed by atoms with Gasteiger partial charge in [0, 0.05) is 32.2 Å². The topological polar surface area (TPSA) is 35.5 Å². The molecular weight excluding hydrogens is 305 g/mol. The Balaban J connectivity index is 1.95. The van der Waals surface area contributed by atoms with Crippen molar-refractivity contribution in [3.8, 4) is 5.75 Å². The second-order valence-electron chi connectivity index (χ2n) is 5.91. The number of piperazine rings is 1. The minimum absolute atomic E-state index is 0.152. The highest BCUT2D eigenvalue weighted by Gasteiger charge is 2.35. The molecule has 1 atom stereocenters. The van der Waals surface area contributed by atoms with Crippen LogP contribution in [0.25, 0.3) is 10.8 Å². The zero-order chi connectivity index (χ0) is 16.4. The lowest BCUT2D eigenvalue weighted by molar-refractivity contribution is -0.148. The molecule has 0 spiro atoms. The minimum Gasteiger partial charge on any atom is -0.508 e. The summed E-state index contributed by atoms with van der Waals surface area (Å²) in [5, 5.41) is 14.3. The molecule has 0 amide bonds. The van der Waals surface area contributed by atoms with Gasteiger partial charge in [-0.05, 0) is 34.5 Å². The molecule has 2 N–H and O–H groups in total.